The van der Waals surface area contributed by atoms with Crippen LogP contribution in [0.2, 0.25) is 0 Å². The molecule has 1 rings (SSSR count). The Bertz CT molecular complexity index is 792. The van der Waals surface area contributed by atoms with Crippen molar-refractivity contribution in [1.29, 1.82) is 0 Å². The van der Waals surface area contributed by atoms with Gasteiger partial charge in [-0.05, 0) is 68.1 Å². The average Bonchev–Trinajstić information content (AvgIpc) is 3.01. The predicted octanol–water partition coefficient (Wildman–Crippen LogP) is 11.7. The van der Waals surface area contributed by atoms with Gasteiger partial charge in [-0.2, -0.15) is 0 Å². The lowest BCUT2D eigenvalue weighted by molar-refractivity contribution is -0.120. The lowest BCUT2D eigenvalue weighted by Gasteiger charge is -2.34. The van der Waals surface area contributed by atoms with Crippen LogP contribution >= 0.6 is 0 Å². The topological polar surface area (TPSA) is 41.6 Å². The van der Waals surface area contributed by atoms with Crippen LogP contribution in [0, 0.1) is 23.7 Å². The Labute approximate surface area is 262 Å². The van der Waals surface area contributed by atoms with Crippen molar-refractivity contribution in [2.45, 2.75) is 158 Å². The molecule has 1 N–H and O–H groups in total. The van der Waals surface area contributed by atoms with Crippen LogP contribution in [0.5, 0.6) is 5.75 Å². The van der Waals surface area contributed by atoms with Crippen molar-refractivity contribution in [3.63, 3.8) is 0 Å². The summed E-state index contributed by atoms with van der Waals surface area (Å²) in [5.74, 6) is 3.11. The summed E-state index contributed by atoms with van der Waals surface area (Å²) >= 11 is 0. The normalized spacial score (nSPS) is 14.3. The Kier molecular flexibility index (Phi) is 21.6. The number of anilines is 2. The number of ether oxygens (including phenoxy) is 1. The van der Waals surface area contributed by atoms with Gasteiger partial charge in [0.2, 0.25) is 5.91 Å². The summed E-state index contributed by atoms with van der Waals surface area (Å²) in [6.45, 7) is 21.0. The van der Waals surface area contributed by atoms with Crippen LogP contribution in [0.1, 0.15) is 158 Å². The Morgan fingerprint density at radius 1 is 0.690 bits per heavy atom. The minimum atomic E-state index is 0.0707. The summed E-state index contributed by atoms with van der Waals surface area (Å²) in [5.41, 5.74) is 2.08. The lowest BCUT2D eigenvalue weighted by Crippen LogP contribution is -2.34. The largest absolute Gasteiger partial charge is 0.491 e. The molecule has 4 nitrogen and oxygen atoms in total. The molecule has 0 aliphatic heterocycles. The van der Waals surface area contributed by atoms with Crippen molar-refractivity contribution in [2.24, 2.45) is 23.7 Å². The highest BCUT2D eigenvalue weighted by Crippen LogP contribution is 2.35. The highest BCUT2D eigenvalue weighted by molar-refractivity contribution is 5.93. The number of unbranched alkanes of at least 4 members (excludes halogenated alkanes) is 4. The van der Waals surface area contributed by atoms with Gasteiger partial charge in [-0.3, -0.25) is 4.79 Å². The van der Waals surface area contributed by atoms with E-state index in [0.29, 0.717) is 17.8 Å². The first-order chi connectivity index (χ1) is 20.4. The standard InChI is InChI=1S/C38H70N2O2/c1-9-17-21-31(13-5)28-40(29-32(14-6)22-18-10-2)36-27-35(39-38(41)34(16-8)24-20-12-4)25-26-37(36)42-30-33(15-7)23-19-11-3/h25-27,31-34H,9-24,28-30H2,1-8H3,(H,39,41). The second-order valence-corrected chi connectivity index (χ2v) is 12.9. The van der Waals surface area contributed by atoms with Gasteiger partial charge in [0.15, 0.2) is 0 Å². The summed E-state index contributed by atoms with van der Waals surface area (Å²) in [7, 11) is 0. The molecule has 1 aromatic rings. The molecule has 244 valence electrons. The first-order valence-electron chi connectivity index (χ1n) is 18.2. The third kappa shape index (κ3) is 14.6. The summed E-state index contributed by atoms with van der Waals surface area (Å²) in [6.07, 6.45) is 18.9. The average molecular weight is 587 g/mol. The zero-order chi connectivity index (χ0) is 31.2. The van der Waals surface area contributed by atoms with Gasteiger partial charge in [0.05, 0.1) is 12.3 Å². The molecule has 0 aliphatic rings. The maximum absolute atomic E-state index is 13.3. The van der Waals surface area contributed by atoms with E-state index in [1.807, 2.05) is 0 Å². The number of nitrogens with zero attached hydrogens (tertiary/aromatic N) is 1. The number of nitrogens with one attached hydrogen (secondary N) is 1. The minimum absolute atomic E-state index is 0.0707. The molecule has 42 heavy (non-hydrogen) atoms. The van der Waals surface area contributed by atoms with Crippen LogP contribution in [0.3, 0.4) is 0 Å². The van der Waals surface area contributed by atoms with Crippen LogP contribution in [-0.2, 0) is 4.79 Å². The van der Waals surface area contributed by atoms with E-state index in [0.717, 1.165) is 63.2 Å². The summed E-state index contributed by atoms with van der Waals surface area (Å²) in [6, 6.07) is 6.43. The van der Waals surface area contributed by atoms with E-state index in [1.165, 1.54) is 76.3 Å². The molecular formula is C38H70N2O2. The van der Waals surface area contributed by atoms with Crippen LogP contribution < -0.4 is 15.0 Å². The van der Waals surface area contributed by atoms with E-state index in [4.69, 9.17) is 4.74 Å². The van der Waals surface area contributed by atoms with Crippen LogP contribution in [0.4, 0.5) is 11.4 Å². The first kappa shape index (κ1) is 38.3. The molecule has 4 heteroatoms. The fourth-order valence-electron chi connectivity index (χ4n) is 6.01. The molecule has 0 bridgehead atoms. The van der Waals surface area contributed by atoms with Crippen LogP contribution in [-0.4, -0.2) is 25.6 Å². The minimum Gasteiger partial charge on any atom is -0.491 e. The number of carbonyl (C=O) groups excluding carboxylic acids is 1. The van der Waals surface area contributed by atoms with Gasteiger partial charge in [-0.15, -0.1) is 0 Å². The Balaban J connectivity index is 3.47. The van der Waals surface area contributed by atoms with E-state index in [-0.39, 0.29) is 11.8 Å². The fraction of sp³-hybridized carbons (Fsp3) is 0.816. The molecule has 0 saturated heterocycles. The smallest absolute Gasteiger partial charge is 0.227 e. The summed E-state index contributed by atoms with van der Waals surface area (Å²) in [4.78, 5) is 15.9. The highest BCUT2D eigenvalue weighted by atomic mass is 16.5. The van der Waals surface area contributed by atoms with Gasteiger partial charge in [0.1, 0.15) is 5.75 Å². The number of carbonyl (C=O) groups is 1. The SMILES string of the molecule is CCCCC(CC)COc1ccc(NC(=O)C(CC)CCCC)cc1N(CC(CC)CCCC)CC(CC)CCCC. The molecule has 0 aromatic heterocycles. The third-order valence-electron chi connectivity index (χ3n) is 9.40. The molecule has 0 spiro atoms. The molecule has 0 saturated carbocycles. The summed E-state index contributed by atoms with van der Waals surface area (Å²) < 4.78 is 6.69. The van der Waals surface area contributed by atoms with Gasteiger partial charge in [-0.25, -0.2) is 0 Å². The molecule has 4 atom stereocenters. The number of hydrogen-bond acceptors (Lipinski definition) is 3. The Morgan fingerprint density at radius 2 is 1.19 bits per heavy atom. The zero-order valence-electron chi connectivity index (χ0n) is 29.2. The number of benzene rings is 1. The zero-order valence-corrected chi connectivity index (χ0v) is 29.2. The van der Waals surface area contributed by atoms with E-state index < -0.39 is 0 Å². The van der Waals surface area contributed by atoms with Gasteiger partial charge >= 0.3 is 0 Å². The van der Waals surface area contributed by atoms with Crippen molar-refractivity contribution in [3.05, 3.63) is 18.2 Å². The van der Waals surface area contributed by atoms with Gasteiger partial charge < -0.3 is 15.0 Å². The number of hydrogen-bond donors (Lipinski definition) is 1. The molecule has 0 heterocycles. The van der Waals surface area contributed by atoms with Gasteiger partial charge in [-0.1, -0.05) is 126 Å². The maximum Gasteiger partial charge on any atom is 0.227 e. The van der Waals surface area contributed by atoms with E-state index in [1.54, 1.807) is 0 Å². The second kappa shape index (κ2) is 23.7. The highest BCUT2D eigenvalue weighted by Gasteiger charge is 2.23. The molecule has 1 aromatic carbocycles. The Morgan fingerprint density at radius 3 is 1.67 bits per heavy atom. The van der Waals surface area contributed by atoms with Crippen molar-refractivity contribution >= 4 is 17.3 Å². The molecule has 0 aliphatic carbocycles. The van der Waals surface area contributed by atoms with Crippen molar-refractivity contribution in [2.75, 3.05) is 29.9 Å². The monoisotopic (exact) mass is 587 g/mol. The van der Waals surface area contributed by atoms with E-state index in [2.05, 4.69) is 83.8 Å². The van der Waals surface area contributed by atoms with E-state index >= 15 is 0 Å². The molecule has 4 unspecified atom stereocenters. The molecule has 0 fully saturated rings. The van der Waals surface area contributed by atoms with E-state index in [9.17, 15) is 4.79 Å². The third-order valence-corrected chi connectivity index (χ3v) is 9.40. The number of rotatable bonds is 26. The first-order valence-corrected chi connectivity index (χ1v) is 18.2. The lowest BCUT2D eigenvalue weighted by atomic mass is 9.95. The molecular weight excluding hydrogens is 516 g/mol. The maximum atomic E-state index is 13.3. The van der Waals surface area contributed by atoms with Gasteiger partial charge in [0, 0.05) is 24.7 Å². The number of amides is 1. The van der Waals surface area contributed by atoms with Crippen molar-refractivity contribution < 1.29 is 9.53 Å². The van der Waals surface area contributed by atoms with Gasteiger partial charge in [0.25, 0.3) is 0 Å². The molecule has 0 radical (unpaired) electrons. The second-order valence-electron chi connectivity index (χ2n) is 12.9. The summed E-state index contributed by atoms with van der Waals surface area (Å²) in [5, 5.41) is 3.31. The molecule has 1 amide bonds. The predicted molar refractivity (Wildman–Crippen MR) is 186 cm³/mol. The quantitative estimate of drug-likeness (QED) is 0.117. The van der Waals surface area contributed by atoms with Crippen LogP contribution in [0.15, 0.2) is 18.2 Å². The van der Waals surface area contributed by atoms with Crippen molar-refractivity contribution in [3.8, 4) is 5.75 Å². The van der Waals surface area contributed by atoms with Crippen LogP contribution in [0.25, 0.3) is 0 Å². The Hall–Kier alpha value is -1.71. The fourth-order valence-corrected chi connectivity index (χ4v) is 6.01. The van der Waals surface area contributed by atoms with Crippen molar-refractivity contribution in [1.82, 2.24) is 0 Å².